The van der Waals surface area contributed by atoms with Crippen LogP contribution < -0.4 is 5.32 Å². The molecule has 102 valence electrons. The molecule has 1 saturated heterocycles. The van der Waals surface area contributed by atoms with Gasteiger partial charge in [-0.05, 0) is 50.0 Å². The first-order valence-corrected chi connectivity index (χ1v) is 7.19. The molecule has 0 spiro atoms. The summed E-state index contributed by atoms with van der Waals surface area (Å²) >= 11 is 0. The maximum absolute atomic E-state index is 8.84. The van der Waals surface area contributed by atoms with Crippen LogP contribution in [0.4, 0.5) is 0 Å². The number of nitriles is 1. The SMILES string of the molecule is CCCC(OC1CCNCC1)c1ccc(C#N)cc1. The third-order valence-corrected chi connectivity index (χ3v) is 3.61. The van der Waals surface area contributed by atoms with Crippen molar-refractivity contribution < 1.29 is 4.74 Å². The molecule has 1 unspecified atom stereocenters. The Bertz CT molecular complexity index is 415. The molecule has 1 fully saturated rings. The Hall–Kier alpha value is -1.37. The molecular weight excluding hydrogens is 236 g/mol. The van der Waals surface area contributed by atoms with Crippen LogP contribution in [0.1, 0.15) is 49.8 Å². The predicted molar refractivity (Wildman–Crippen MR) is 75.8 cm³/mol. The van der Waals surface area contributed by atoms with Crippen molar-refractivity contribution in [3.63, 3.8) is 0 Å². The minimum Gasteiger partial charge on any atom is -0.370 e. The Labute approximate surface area is 115 Å². The van der Waals surface area contributed by atoms with Crippen LogP contribution in [-0.4, -0.2) is 19.2 Å². The molecule has 0 amide bonds. The lowest BCUT2D eigenvalue weighted by Crippen LogP contribution is -2.33. The summed E-state index contributed by atoms with van der Waals surface area (Å²) in [6.07, 6.45) is 4.87. The second-order valence-corrected chi connectivity index (χ2v) is 5.10. The number of piperidine rings is 1. The van der Waals surface area contributed by atoms with Crippen LogP contribution in [-0.2, 0) is 4.74 Å². The number of hydrogen-bond donors (Lipinski definition) is 1. The molecule has 1 aliphatic heterocycles. The highest BCUT2D eigenvalue weighted by Gasteiger charge is 2.19. The molecule has 1 aromatic rings. The lowest BCUT2D eigenvalue weighted by Gasteiger charge is -2.28. The van der Waals surface area contributed by atoms with Gasteiger partial charge in [0, 0.05) is 0 Å². The van der Waals surface area contributed by atoms with Gasteiger partial charge in [-0.3, -0.25) is 0 Å². The van der Waals surface area contributed by atoms with Crippen LogP contribution in [0.25, 0.3) is 0 Å². The van der Waals surface area contributed by atoms with Gasteiger partial charge < -0.3 is 10.1 Å². The Morgan fingerprint density at radius 2 is 2.00 bits per heavy atom. The first-order valence-electron chi connectivity index (χ1n) is 7.19. The van der Waals surface area contributed by atoms with E-state index in [2.05, 4.69) is 18.3 Å². The fraction of sp³-hybridized carbons (Fsp3) is 0.562. The molecule has 0 bridgehead atoms. The standard InChI is InChI=1S/C16H22N2O/c1-2-3-16(19-15-8-10-18-11-9-15)14-6-4-13(12-17)5-7-14/h4-7,15-16,18H,2-3,8-11H2,1H3. The molecule has 19 heavy (non-hydrogen) atoms. The second kappa shape index (κ2) is 7.28. The van der Waals surface area contributed by atoms with Gasteiger partial charge in [-0.1, -0.05) is 25.5 Å². The van der Waals surface area contributed by atoms with E-state index in [1.165, 1.54) is 5.56 Å². The van der Waals surface area contributed by atoms with E-state index in [1.807, 2.05) is 24.3 Å². The quantitative estimate of drug-likeness (QED) is 0.882. The maximum atomic E-state index is 8.84. The summed E-state index contributed by atoms with van der Waals surface area (Å²) in [5.74, 6) is 0. The summed E-state index contributed by atoms with van der Waals surface area (Å²) in [5.41, 5.74) is 1.90. The van der Waals surface area contributed by atoms with Crippen molar-refractivity contribution in [2.24, 2.45) is 0 Å². The van der Waals surface area contributed by atoms with Crippen molar-refractivity contribution in [1.82, 2.24) is 5.32 Å². The molecule has 0 radical (unpaired) electrons. The van der Waals surface area contributed by atoms with Crippen molar-refractivity contribution in [2.75, 3.05) is 13.1 Å². The largest absolute Gasteiger partial charge is 0.370 e. The van der Waals surface area contributed by atoms with Crippen LogP contribution >= 0.6 is 0 Å². The second-order valence-electron chi connectivity index (χ2n) is 5.10. The smallest absolute Gasteiger partial charge is 0.0991 e. The van der Waals surface area contributed by atoms with Crippen molar-refractivity contribution in [2.45, 2.75) is 44.8 Å². The zero-order valence-corrected chi connectivity index (χ0v) is 11.6. The van der Waals surface area contributed by atoms with E-state index in [4.69, 9.17) is 10.00 Å². The average molecular weight is 258 g/mol. The van der Waals surface area contributed by atoms with Crippen molar-refractivity contribution >= 4 is 0 Å². The maximum Gasteiger partial charge on any atom is 0.0991 e. The molecule has 1 N–H and O–H groups in total. The highest BCUT2D eigenvalue weighted by Crippen LogP contribution is 2.26. The van der Waals surface area contributed by atoms with Crippen LogP contribution in [0, 0.1) is 11.3 Å². The van der Waals surface area contributed by atoms with E-state index in [-0.39, 0.29) is 6.10 Å². The molecule has 1 heterocycles. The highest BCUT2D eigenvalue weighted by atomic mass is 16.5. The summed E-state index contributed by atoms with van der Waals surface area (Å²) < 4.78 is 6.27. The third kappa shape index (κ3) is 4.05. The van der Waals surface area contributed by atoms with E-state index in [9.17, 15) is 0 Å². The van der Waals surface area contributed by atoms with Gasteiger partial charge in [-0.15, -0.1) is 0 Å². The van der Waals surface area contributed by atoms with Crippen molar-refractivity contribution in [1.29, 1.82) is 5.26 Å². The van der Waals surface area contributed by atoms with Gasteiger partial charge in [-0.25, -0.2) is 0 Å². The molecule has 0 aliphatic carbocycles. The number of benzene rings is 1. The molecule has 0 saturated carbocycles. The minimum atomic E-state index is 0.167. The van der Waals surface area contributed by atoms with Crippen molar-refractivity contribution in [3.8, 4) is 6.07 Å². The summed E-state index contributed by atoms with van der Waals surface area (Å²) in [4.78, 5) is 0. The van der Waals surface area contributed by atoms with Gasteiger partial charge in [-0.2, -0.15) is 5.26 Å². The van der Waals surface area contributed by atoms with E-state index in [0.717, 1.165) is 38.8 Å². The van der Waals surface area contributed by atoms with Gasteiger partial charge in [0.1, 0.15) is 0 Å². The molecule has 1 aromatic carbocycles. The predicted octanol–water partition coefficient (Wildman–Crippen LogP) is 3.17. The number of hydrogen-bond acceptors (Lipinski definition) is 3. The van der Waals surface area contributed by atoms with Crippen LogP contribution in [0.2, 0.25) is 0 Å². The number of nitrogens with one attached hydrogen (secondary N) is 1. The van der Waals surface area contributed by atoms with Crippen LogP contribution in [0.5, 0.6) is 0 Å². The number of ether oxygens (including phenoxy) is 1. The topological polar surface area (TPSA) is 45.0 Å². The average Bonchev–Trinajstić information content (AvgIpc) is 2.48. The van der Waals surface area contributed by atoms with Gasteiger partial charge in [0.15, 0.2) is 0 Å². The van der Waals surface area contributed by atoms with Crippen molar-refractivity contribution in [3.05, 3.63) is 35.4 Å². The summed E-state index contributed by atoms with van der Waals surface area (Å²) in [6.45, 7) is 4.29. The van der Waals surface area contributed by atoms with Gasteiger partial charge in [0.05, 0.1) is 23.8 Å². The molecule has 3 nitrogen and oxygen atoms in total. The summed E-state index contributed by atoms with van der Waals surface area (Å²) in [7, 11) is 0. The monoisotopic (exact) mass is 258 g/mol. The molecule has 1 atom stereocenters. The fourth-order valence-corrected chi connectivity index (χ4v) is 2.51. The third-order valence-electron chi connectivity index (χ3n) is 3.61. The van der Waals surface area contributed by atoms with Gasteiger partial charge in [0.2, 0.25) is 0 Å². The first kappa shape index (κ1) is 14.0. The Kier molecular flexibility index (Phi) is 5.38. The Balaban J connectivity index is 2.03. The Morgan fingerprint density at radius 3 is 2.58 bits per heavy atom. The number of rotatable bonds is 5. The lowest BCUT2D eigenvalue weighted by atomic mass is 10.0. The molecule has 1 aliphatic rings. The molecule has 2 rings (SSSR count). The van der Waals surface area contributed by atoms with Crippen LogP contribution in [0.15, 0.2) is 24.3 Å². The summed E-state index contributed by atoms with van der Waals surface area (Å²) in [5, 5.41) is 12.2. The molecule has 3 heteroatoms. The van der Waals surface area contributed by atoms with E-state index < -0.39 is 0 Å². The molecule has 0 aromatic heterocycles. The minimum absolute atomic E-state index is 0.167. The highest BCUT2D eigenvalue weighted by molar-refractivity contribution is 5.32. The van der Waals surface area contributed by atoms with Crippen LogP contribution in [0.3, 0.4) is 0 Å². The fourth-order valence-electron chi connectivity index (χ4n) is 2.51. The lowest BCUT2D eigenvalue weighted by molar-refractivity contribution is -0.0321. The Morgan fingerprint density at radius 1 is 1.32 bits per heavy atom. The van der Waals surface area contributed by atoms with Gasteiger partial charge in [0.25, 0.3) is 0 Å². The normalized spacial score (nSPS) is 17.9. The number of nitrogens with zero attached hydrogens (tertiary/aromatic N) is 1. The molecular formula is C16H22N2O. The van der Waals surface area contributed by atoms with E-state index in [0.29, 0.717) is 11.7 Å². The van der Waals surface area contributed by atoms with E-state index >= 15 is 0 Å². The summed E-state index contributed by atoms with van der Waals surface area (Å²) in [6, 6.07) is 9.97. The first-order chi connectivity index (χ1) is 9.33. The zero-order chi connectivity index (χ0) is 13.5. The van der Waals surface area contributed by atoms with E-state index in [1.54, 1.807) is 0 Å². The zero-order valence-electron chi connectivity index (χ0n) is 11.6. The van der Waals surface area contributed by atoms with Gasteiger partial charge >= 0.3 is 0 Å².